The number of hydrogen-bond donors (Lipinski definition) is 1. The van der Waals surface area contributed by atoms with Crippen LogP contribution in [0.2, 0.25) is 0 Å². The molecule has 0 fully saturated rings. The molecule has 0 saturated heterocycles. The number of aryl methyl sites for hydroxylation is 1. The minimum atomic E-state index is 0.133. The Morgan fingerprint density at radius 2 is 2.06 bits per heavy atom. The molecular weight excluding hydrogens is 224 g/mol. The van der Waals surface area contributed by atoms with E-state index in [1.807, 2.05) is 44.4 Å². The second-order valence-corrected chi connectivity index (χ2v) is 4.18. The zero-order valence-corrected chi connectivity index (χ0v) is 11.0. The lowest BCUT2D eigenvalue weighted by molar-refractivity contribution is 0.413. The summed E-state index contributed by atoms with van der Waals surface area (Å²) in [6.45, 7) is 2.03. The van der Waals surface area contributed by atoms with Gasteiger partial charge in [0.05, 0.1) is 13.2 Å². The average molecular weight is 242 g/mol. The fourth-order valence-electron chi connectivity index (χ4n) is 2.12. The van der Waals surface area contributed by atoms with Crippen LogP contribution in [0.4, 0.5) is 0 Å². The van der Waals surface area contributed by atoms with Crippen molar-refractivity contribution in [2.24, 2.45) is 0 Å². The molecule has 1 unspecified atom stereocenters. The summed E-state index contributed by atoms with van der Waals surface area (Å²) >= 11 is 0. The first-order valence-electron chi connectivity index (χ1n) is 5.99. The fourth-order valence-corrected chi connectivity index (χ4v) is 2.12. The summed E-state index contributed by atoms with van der Waals surface area (Å²) in [5.74, 6) is 0.870. The Morgan fingerprint density at radius 1 is 1.22 bits per heavy atom. The highest BCUT2D eigenvalue weighted by Gasteiger charge is 2.14. The van der Waals surface area contributed by atoms with Crippen molar-refractivity contribution >= 4 is 0 Å². The molecule has 3 heteroatoms. The predicted molar refractivity (Wildman–Crippen MR) is 72.9 cm³/mol. The molecule has 1 atom stereocenters. The third-order valence-corrected chi connectivity index (χ3v) is 3.07. The lowest BCUT2D eigenvalue weighted by atomic mass is 9.98. The number of hydrogen-bond acceptors (Lipinski definition) is 3. The van der Waals surface area contributed by atoms with E-state index in [2.05, 4.69) is 22.4 Å². The minimum absolute atomic E-state index is 0.133. The van der Waals surface area contributed by atoms with Gasteiger partial charge in [0.15, 0.2) is 0 Å². The third kappa shape index (κ3) is 2.51. The Bertz CT molecular complexity index is 525. The van der Waals surface area contributed by atoms with Crippen LogP contribution >= 0.6 is 0 Å². The van der Waals surface area contributed by atoms with Crippen molar-refractivity contribution in [3.8, 4) is 5.75 Å². The lowest BCUT2D eigenvalue weighted by Gasteiger charge is -2.19. The molecule has 2 aromatic rings. The Balaban J connectivity index is 2.42. The summed E-state index contributed by atoms with van der Waals surface area (Å²) in [5.41, 5.74) is 3.40. The number of pyridine rings is 1. The Hall–Kier alpha value is -1.87. The van der Waals surface area contributed by atoms with E-state index in [4.69, 9.17) is 4.74 Å². The van der Waals surface area contributed by atoms with Gasteiger partial charge in [0.2, 0.25) is 0 Å². The Kier molecular flexibility index (Phi) is 3.95. The molecule has 2 rings (SSSR count). The van der Waals surface area contributed by atoms with Gasteiger partial charge in [0, 0.05) is 11.9 Å². The van der Waals surface area contributed by atoms with E-state index in [-0.39, 0.29) is 6.04 Å². The molecule has 0 aliphatic rings. The van der Waals surface area contributed by atoms with Gasteiger partial charge in [-0.05, 0) is 43.3 Å². The normalized spacial score (nSPS) is 12.2. The predicted octanol–water partition coefficient (Wildman–Crippen LogP) is 2.71. The molecule has 0 radical (unpaired) electrons. The highest BCUT2D eigenvalue weighted by molar-refractivity contribution is 5.37. The van der Waals surface area contributed by atoms with Crippen LogP contribution in [0.3, 0.4) is 0 Å². The molecule has 1 heterocycles. The van der Waals surface area contributed by atoms with Crippen molar-refractivity contribution in [3.63, 3.8) is 0 Å². The molecule has 0 saturated carbocycles. The highest BCUT2D eigenvalue weighted by atomic mass is 16.5. The molecule has 0 aliphatic carbocycles. The highest BCUT2D eigenvalue weighted by Crippen LogP contribution is 2.26. The molecule has 18 heavy (non-hydrogen) atoms. The van der Waals surface area contributed by atoms with Crippen LogP contribution in [-0.2, 0) is 0 Å². The molecule has 0 bridgehead atoms. The van der Waals surface area contributed by atoms with E-state index < -0.39 is 0 Å². The topological polar surface area (TPSA) is 34.1 Å². The quantitative estimate of drug-likeness (QED) is 0.895. The van der Waals surface area contributed by atoms with E-state index in [9.17, 15) is 0 Å². The van der Waals surface area contributed by atoms with Crippen molar-refractivity contribution in [3.05, 3.63) is 59.4 Å². The third-order valence-electron chi connectivity index (χ3n) is 3.07. The number of ether oxygens (including phenoxy) is 1. The van der Waals surface area contributed by atoms with Crippen LogP contribution in [-0.4, -0.2) is 19.1 Å². The van der Waals surface area contributed by atoms with Crippen LogP contribution in [0.5, 0.6) is 5.75 Å². The van der Waals surface area contributed by atoms with Crippen molar-refractivity contribution in [1.29, 1.82) is 0 Å². The zero-order valence-electron chi connectivity index (χ0n) is 11.0. The standard InChI is InChI=1S/C15H18N2O/c1-11-14(8-5-9-17-11)15(16-2)12-6-4-7-13(10-12)18-3/h4-10,15-16H,1-3H3. The van der Waals surface area contributed by atoms with Crippen LogP contribution in [0.1, 0.15) is 22.9 Å². The first-order chi connectivity index (χ1) is 8.76. The van der Waals surface area contributed by atoms with E-state index in [0.29, 0.717) is 0 Å². The molecule has 1 aromatic carbocycles. The summed E-state index contributed by atoms with van der Waals surface area (Å²) in [6, 6.07) is 12.3. The van der Waals surface area contributed by atoms with E-state index in [1.54, 1.807) is 7.11 Å². The van der Waals surface area contributed by atoms with Gasteiger partial charge in [-0.25, -0.2) is 0 Å². The second kappa shape index (κ2) is 5.65. The van der Waals surface area contributed by atoms with Crippen molar-refractivity contribution < 1.29 is 4.74 Å². The van der Waals surface area contributed by atoms with Crippen molar-refractivity contribution in [2.45, 2.75) is 13.0 Å². The van der Waals surface area contributed by atoms with Crippen LogP contribution < -0.4 is 10.1 Å². The minimum Gasteiger partial charge on any atom is -0.497 e. The van der Waals surface area contributed by atoms with Crippen molar-refractivity contribution in [2.75, 3.05) is 14.2 Å². The number of nitrogens with zero attached hydrogens (tertiary/aromatic N) is 1. The molecule has 0 amide bonds. The van der Waals surface area contributed by atoms with Gasteiger partial charge < -0.3 is 10.1 Å². The first-order valence-corrected chi connectivity index (χ1v) is 5.99. The summed E-state index contributed by atoms with van der Waals surface area (Å²) in [7, 11) is 3.64. The zero-order chi connectivity index (χ0) is 13.0. The van der Waals surface area contributed by atoms with Crippen LogP contribution in [0.15, 0.2) is 42.6 Å². The van der Waals surface area contributed by atoms with Crippen LogP contribution in [0, 0.1) is 6.92 Å². The van der Waals surface area contributed by atoms with Gasteiger partial charge in [-0.1, -0.05) is 18.2 Å². The number of nitrogens with one attached hydrogen (secondary N) is 1. The summed E-state index contributed by atoms with van der Waals surface area (Å²) in [5, 5.41) is 3.33. The maximum Gasteiger partial charge on any atom is 0.119 e. The summed E-state index contributed by atoms with van der Waals surface area (Å²) in [6.07, 6.45) is 1.82. The monoisotopic (exact) mass is 242 g/mol. The van der Waals surface area contributed by atoms with Crippen LogP contribution in [0.25, 0.3) is 0 Å². The van der Waals surface area contributed by atoms with Gasteiger partial charge in [-0.2, -0.15) is 0 Å². The van der Waals surface area contributed by atoms with Crippen molar-refractivity contribution in [1.82, 2.24) is 10.3 Å². The number of benzene rings is 1. The summed E-state index contributed by atoms with van der Waals surface area (Å²) in [4.78, 5) is 4.34. The Labute approximate surface area is 108 Å². The molecule has 0 aliphatic heterocycles. The Morgan fingerprint density at radius 3 is 2.72 bits per heavy atom. The molecule has 0 spiro atoms. The van der Waals surface area contributed by atoms with Gasteiger partial charge in [0.1, 0.15) is 5.75 Å². The average Bonchev–Trinajstić information content (AvgIpc) is 2.42. The van der Waals surface area contributed by atoms with E-state index in [0.717, 1.165) is 11.4 Å². The first kappa shape index (κ1) is 12.6. The van der Waals surface area contributed by atoms with E-state index in [1.165, 1.54) is 11.1 Å². The molecular formula is C15H18N2O. The molecule has 3 nitrogen and oxygen atoms in total. The SMILES string of the molecule is CNC(c1cccc(OC)c1)c1cccnc1C. The molecule has 1 aromatic heterocycles. The van der Waals surface area contributed by atoms with Gasteiger partial charge in [0.25, 0.3) is 0 Å². The van der Waals surface area contributed by atoms with E-state index >= 15 is 0 Å². The summed E-state index contributed by atoms with van der Waals surface area (Å²) < 4.78 is 5.27. The largest absolute Gasteiger partial charge is 0.497 e. The lowest BCUT2D eigenvalue weighted by Crippen LogP contribution is -2.19. The van der Waals surface area contributed by atoms with Gasteiger partial charge >= 0.3 is 0 Å². The number of methoxy groups -OCH3 is 1. The maximum absolute atomic E-state index is 5.27. The van der Waals surface area contributed by atoms with Gasteiger partial charge in [-0.3, -0.25) is 4.98 Å². The van der Waals surface area contributed by atoms with Gasteiger partial charge in [-0.15, -0.1) is 0 Å². The maximum atomic E-state index is 5.27. The number of aromatic nitrogens is 1. The fraction of sp³-hybridized carbons (Fsp3) is 0.267. The second-order valence-electron chi connectivity index (χ2n) is 4.18. The molecule has 94 valence electrons. The smallest absolute Gasteiger partial charge is 0.119 e. The molecule has 1 N–H and O–H groups in total. The number of rotatable bonds is 4.